The molecule has 0 spiro atoms. The topological polar surface area (TPSA) is 21.3 Å². The van der Waals surface area contributed by atoms with E-state index in [9.17, 15) is 0 Å². The van der Waals surface area contributed by atoms with E-state index in [0.29, 0.717) is 5.92 Å². The minimum atomic E-state index is 0.679. The van der Waals surface area contributed by atoms with E-state index in [-0.39, 0.29) is 0 Å². The molecule has 0 aliphatic rings. The maximum absolute atomic E-state index is 5.73. The number of ether oxygens (including phenoxy) is 1. The molecule has 0 aliphatic carbocycles. The van der Waals surface area contributed by atoms with Crippen molar-refractivity contribution in [2.75, 3.05) is 11.9 Å². The Morgan fingerprint density at radius 3 is 2.43 bits per heavy atom. The van der Waals surface area contributed by atoms with E-state index in [1.165, 1.54) is 5.56 Å². The second-order valence-electron chi connectivity index (χ2n) is 5.51. The van der Waals surface area contributed by atoms with Gasteiger partial charge in [0.2, 0.25) is 0 Å². The Bertz CT molecular complexity index is 551. The molecule has 0 heterocycles. The van der Waals surface area contributed by atoms with Crippen LogP contribution in [0.4, 0.5) is 5.69 Å². The third-order valence-corrected chi connectivity index (χ3v) is 3.94. The minimum Gasteiger partial charge on any atom is -0.494 e. The van der Waals surface area contributed by atoms with Gasteiger partial charge in [-0.3, -0.25) is 0 Å². The van der Waals surface area contributed by atoms with Gasteiger partial charge >= 0.3 is 0 Å². The molecule has 0 aromatic heterocycles. The van der Waals surface area contributed by atoms with E-state index in [1.807, 2.05) is 30.3 Å². The molecule has 0 unspecified atom stereocenters. The molecule has 0 saturated heterocycles. The van der Waals surface area contributed by atoms with Crippen molar-refractivity contribution in [1.82, 2.24) is 0 Å². The maximum atomic E-state index is 5.73. The van der Waals surface area contributed by atoms with Crippen LogP contribution in [-0.2, 0) is 6.54 Å². The molecule has 2 nitrogen and oxygen atoms in total. The van der Waals surface area contributed by atoms with E-state index < -0.39 is 0 Å². The average Bonchev–Trinajstić information content (AvgIpc) is 2.47. The van der Waals surface area contributed by atoms with Crippen LogP contribution in [0.5, 0.6) is 5.75 Å². The van der Waals surface area contributed by atoms with Crippen LogP contribution in [0.2, 0.25) is 0 Å². The van der Waals surface area contributed by atoms with Crippen molar-refractivity contribution in [2.45, 2.75) is 26.8 Å². The number of hydrogen-bond acceptors (Lipinski definition) is 2. The van der Waals surface area contributed by atoms with Crippen LogP contribution in [0.25, 0.3) is 0 Å². The molecule has 3 heteroatoms. The summed E-state index contributed by atoms with van der Waals surface area (Å²) in [5, 5.41) is 3.42. The van der Waals surface area contributed by atoms with Crippen LogP contribution < -0.4 is 10.1 Å². The van der Waals surface area contributed by atoms with Crippen LogP contribution in [-0.4, -0.2) is 6.61 Å². The zero-order valence-electron chi connectivity index (χ0n) is 12.6. The first-order chi connectivity index (χ1) is 10.1. The van der Waals surface area contributed by atoms with Gasteiger partial charge in [0.05, 0.1) is 6.61 Å². The fourth-order valence-electron chi connectivity index (χ4n) is 1.92. The lowest BCUT2D eigenvalue weighted by Crippen LogP contribution is -2.02. The molecule has 0 amide bonds. The van der Waals surface area contributed by atoms with E-state index in [1.54, 1.807) is 0 Å². The molecule has 0 fully saturated rings. The van der Waals surface area contributed by atoms with Crippen molar-refractivity contribution in [2.24, 2.45) is 5.92 Å². The standard InChI is InChI=1S/C18H22BrNO/c1-14(2)11-12-21-16-9-7-15(8-10-16)13-20-18-6-4-3-5-17(18)19/h3-10,14,20H,11-13H2,1-2H3. The van der Waals surface area contributed by atoms with Gasteiger partial charge in [0.15, 0.2) is 0 Å². The van der Waals surface area contributed by atoms with Gasteiger partial charge in [0.1, 0.15) is 5.75 Å². The fraction of sp³-hybridized carbons (Fsp3) is 0.333. The smallest absolute Gasteiger partial charge is 0.119 e. The first-order valence-corrected chi connectivity index (χ1v) is 8.14. The molecule has 0 atom stereocenters. The summed E-state index contributed by atoms with van der Waals surface area (Å²) in [6.45, 7) is 6.00. The first kappa shape index (κ1) is 15.9. The number of para-hydroxylation sites is 1. The second-order valence-corrected chi connectivity index (χ2v) is 6.36. The van der Waals surface area contributed by atoms with Crippen molar-refractivity contribution >= 4 is 21.6 Å². The van der Waals surface area contributed by atoms with Gasteiger partial charge in [-0.1, -0.05) is 38.1 Å². The summed E-state index contributed by atoms with van der Waals surface area (Å²) in [5.74, 6) is 1.62. The summed E-state index contributed by atoms with van der Waals surface area (Å²) in [6.07, 6.45) is 1.09. The Morgan fingerprint density at radius 2 is 1.76 bits per heavy atom. The summed E-state index contributed by atoms with van der Waals surface area (Å²) in [7, 11) is 0. The normalized spacial score (nSPS) is 10.7. The molecule has 0 bridgehead atoms. The number of nitrogens with one attached hydrogen (secondary N) is 1. The lowest BCUT2D eigenvalue weighted by Gasteiger charge is -2.10. The zero-order chi connectivity index (χ0) is 15.1. The third kappa shape index (κ3) is 5.43. The van der Waals surface area contributed by atoms with Crippen molar-refractivity contribution in [3.05, 3.63) is 58.6 Å². The molecule has 0 saturated carbocycles. The Labute approximate surface area is 135 Å². The third-order valence-electron chi connectivity index (χ3n) is 3.24. The Kier molecular flexibility index (Phi) is 6.12. The monoisotopic (exact) mass is 347 g/mol. The van der Waals surface area contributed by atoms with Crippen molar-refractivity contribution in [3.8, 4) is 5.75 Å². The van der Waals surface area contributed by atoms with Crippen molar-refractivity contribution in [1.29, 1.82) is 0 Å². The second kappa shape index (κ2) is 8.08. The summed E-state index contributed by atoms with van der Waals surface area (Å²) in [4.78, 5) is 0. The highest BCUT2D eigenvalue weighted by molar-refractivity contribution is 9.10. The number of halogens is 1. The molecule has 0 radical (unpaired) electrons. The first-order valence-electron chi connectivity index (χ1n) is 7.35. The fourth-order valence-corrected chi connectivity index (χ4v) is 2.34. The Hall–Kier alpha value is -1.48. The summed E-state index contributed by atoms with van der Waals surface area (Å²) >= 11 is 3.54. The van der Waals surface area contributed by atoms with Crippen molar-refractivity contribution < 1.29 is 4.74 Å². The Morgan fingerprint density at radius 1 is 1.05 bits per heavy atom. The maximum Gasteiger partial charge on any atom is 0.119 e. The molecule has 2 aromatic rings. The molecule has 21 heavy (non-hydrogen) atoms. The zero-order valence-corrected chi connectivity index (χ0v) is 14.2. The van der Waals surface area contributed by atoms with Gasteiger partial charge in [0, 0.05) is 16.7 Å². The highest BCUT2D eigenvalue weighted by Gasteiger charge is 2.00. The molecule has 2 aromatic carbocycles. The average molecular weight is 348 g/mol. The van der Waals surface area contributed by atoms with E-state index in [0.717, 1.165) is 35.5 Å². The predicted octanol–water partition coefficient (Wildman–Crippen LogP) is 5.49. The molecule has 2 rings (SSSR count). The van der Waals surface area contributed by atoms with Crippen LogP contribution in [0.3, 0.4) is 0 Å². The molecule has 0 aliphatic heterocycles. The lowest BCUT2D eigenvalue weighted by atomic mass is 10.1. The van der Waals surface area contributed by atoms with E-state index in [2.05, 4.69) is 53.3 Å². The summed E-state index contributed by atoms with van der Waals surface area (Å²) < 4.78 is 6.81. The van der Waals surface area contributed by atoms with Gasteiger partial charge in [-0.25, -0.2) is 0 Å². The summed E-state index contributed by atoms with van der Waals surface area (Å²) in [5.41, 5.74) is 2.34. The molecular weight excluding hydrogens is 326 g/mol. The highest BCUT2D eigenvalue weighted by Crippen LogP contribution is 2.22. The molecular formula is C18H22BrNO. The van der Waals surface area contributed by atoms with Gasteiger partial charge in [-0.15, -0.1) is 0 Å². The molecule has 112 valence electrons. The number of rotatable bonds is 7. The van der Waals surface area contributed by atoms with Crippen LogP contribution in [0.1, 0.15) is 25.8 Å². The van der Waals surface area contributed by atoms with Crippen molar-refractivity contribution in [3.63, 3.8) is 0 Å². The van der Waals surface area contributed by atoms with Gasteiger partial charge < -0.3 is 10.1 Å². The number of hydrogen-bond donors (Lipinski definition) is 1. The van der Waals surface area contributed by atoms with Crippen LogP contribution >= 0.6 is 15.9 Å². The van der Waals surface area contributed by atoms with Crippen LogP contribution in [0.15, 0.2) is 53.0 Å². The van der Waals surface area contributed by atoms with Gasteiger partial charge in [-0.2, -0.15) is 0 Å². The highest BCUT2D eigenvalue weighted by atomic mass is 79.9. The largest absolute Gasteiger partial charge is 0.494 e. The van der Waals surface area contributed by atoms with E-state index in [4.69, 9.17) is 4.74 Å². The number of benzene rings is 2. The van der Waals surface area contributed by atoms with Crippen LogP contribution in [0, 0.1) is 5.92 Å². The summed E-state index contributed by atoms with van der Waals surface area (Å²) in [6, 6.07) is 16.4. The number of anilines is 1. The molecule has 1 N–H and O–H groups in total. The lowest BCUT2D eigenvalue weighted by molar-refractivity contribution is 0.289. The van der Waals surface area contributed by atoms with Gasteiger partial charge in [0.25, 0.3) is 0 Å². The Balaban J connectivity index is 1.84. The van der Waals surface area contributed by atoms with Gasteiger partial charge in [-0.05, 0) is 58.1 Å². The predicted molar refractivity (Wildman–Crippen MR) is 92.9 cm³/mol. The van der Waals surface area contributed by atoms with E-state index >= 15 is 0 Å². The quantitative estimate of drug-likeness (QED) is 0.715. The minimum absolute atomic E-state index is 0.679. The SMILES string of the molecule is CC(C)CCOc1ccc(CNc2ccccc2Br)cc1.